The predicted molar refractivity (Wildman–Crippen MR) is 73.9 cm³/mol. The van der Waals surface area contributed by atoms with E-state index < -0.39 is 11.4 Å². The monoisotopic (exact) mass is 308 g/mol. The smallest absolute Gasteiger partial charge is 0.314 e. The van der Waals surface area contributed by atoms with Crippen molar-refractivity contribution in [2.75, 3.05) is 0 Å². The number of fused-ring (bicyclic) bond motifs is 1. The number of carboxylic acid groups (broad SMARTS) is 1. The molecule has 0 aromatic heterocycles. The molecule has 0 bridgehead atoms. The Labute approximate surface area is 116 Å². The molecule has 0 aliphatic heterocycles. The minimum absolute atomic E-state index is 0.613. The van der Waals surface area contributed by atoms with Crippen LogP contribution < -0.4 is 0 Å². The van der Waals surface area contributed by atoms with Crippen LogP contribution >= 0.6 is 15.9 Å². The van der Waals surface area contributed by atoms with Crippen molar-refractivity contribution in [2.45, 2.75) is 50.4 Å². The second-order valence-corrected chi connectivity index (χ2v) is 6.45. The lowest BCUT2D eigenvalue weighted by atomic mass is 9.76. The van der Waals surface area contributed by atoms with Crippen LogP contribution in [0.15, 0.2) is 16.6 Å². The van der Waals surface area contributed by atoms with E-state index in [4.69, 9.17) is 0 Å². The molecule has 3 rings (SSSR count). The number of carbonyl (C=O) groups is 1. The Kier molecular flexibility index (Phi) is 2.97. The van der Waals surface area contributed by atoms with Crippen molar-refractivity contribution in [1.29, 1.82) is 0 Å². The van der Waals surface area contributed by atoms with Crippen LogP contribution in [0.25, 0.3) is 0 Å². The van der Waals surface area contributed by atoms with E-state index in [1.165, 1.54) is 11.1 Å². The molecule has 1 aromatic rings. The molecule has 0 radical (unpaired) electrons. The topological polar surface area (TPSA) is 37.3 Å². The van der Waals surface area contributed by atoms with Crippen molar-refractivity contribution in [3.05, 3.63) is 33.3 Å². The van der Waals surface area contributed by atoms with Gasteiger partial charge in [0, 0.05) is 4.47 Å². The molecule has 2 aliphatic carbocycles. The summed E-state index contributed by atoms with van der Waals surface area (Å²) in [6.45, 7) is 0. The Hall–Kier alpha value is -0.830. The molecule has 1 saturated carbocycles. The highest BCUT2D eigenvalue weighted by Gasteiger charge is 2.44. The molecule has 0 spiro atoms. The van der Waals surface area contributed by atoms with Gasteiger partial charge in [0.1, 0.15) is 0 Å². The van der Waals surface area contributed by atoms with Gasteiger partial charge < -0.3 is 5.11 Å². The van der Waals surface area contributed by atoms with Gasteiger partial charge in [0.25, 0.3) is 0 Å². The molecule has 2 nitrogen and oxygen atoms in total. The molecular weight excluding hydrogens is 292 g/mol. The molecule has 18 heavy (non-hydrogen) atoms. The number of aliphatic carboxylic acids is 1. The van der Waals surface area contributed by atoms with Crippen LogP contribution in [0.4, 0.5) is 0 Å². The number of aryl methyl sites for hydroxylation is 1. The Bertz CT molecular complexity index is 501. The van der Waals surface area contributed by atoms with E-state index in [9.17, 15) is 9.90 Å². The summed E-state index contributed by atoms with van der Waals surface area (Å²) in [7, 11) is 0. The fourth-order valence-electron chi connectivity index (χ4n) is 3.67. The summed E-state index contributed by atoms with van der Waals surface area (Å²) in [5.74, 6) is -0.632. The number of halogens is 1. The van der Waals surface area contributed by atoms with E-state index in [1.54, 1.807) is 0 Å². The lowest BCUT2D eigenvalue weighted by Crippen LogP contribution is -2.33. The molecule has 0 amide bonds. The number of benzene rings is 1. The van der Waals surface area contributed by atoms with Crippen molar-refractivity contribution in [2.24, 2.45) is 0 Å². The highest BCUT2D eigenvalue weighted by molar-refractivity contribution is 9.10. The number of hydrogen-bond acceptors (Lipinski definition) is 1. The third-order valence-corrected chi connectivity index (χ3v) is 5.02. The number of hydrogen-bond donors (Lipinski definition) is 1. The summed E-state index contributed by atoms with van der Waals surface area (Å²) >= 11 is 3.54. The van der Waals surface area contributed by atoms with Crippen molar-refractivity contribution in [3.8, 4) is 0 Å². The second-order valence-electron chi connectivity index (χ2n) is 5.54. The van der Waals surface area contributed by atoms with Crippen LogP contribution in [0.2, 0.25) is 0 Å². The molecule has 0 heterocycles. The van der Waals surface area contributed by atoms with Crippen molar-refractivity contribution in [3.63, 3.8) is 0 Å². The Morgan fingerprint density at radius 3 is 2.56 bits per heavy atom. The zero-order valence-electron chi connectivity index (χ0n) is 10.3. The van der Waals surface area contributed by atoms with Gasteiger partial charge in [0.15, 0.2) is 0 Å². The third-order valence-electron chi connectivity index (χ3n) is 4.56. The van der Waals surface area contributed by atoms with Gasteiger partial charge in [0.05, 0.1) is 5.41 Å². The second kappa shape index (κ2) is 4.37. The van der Waals surface area contributed by atoms with Crippen LogP contribution in [-0.4, -0.2) is 11.1 Å². The van der Waals surface area contributed by atoms with E-state index in [0.29, 0.717) is 0 Å². The summed E-state index contributed by atoms with van der Waals surface area (Å²) in [5, 5.41) is 9.72. The van der Waals surface area contributed by atoms with E-state index in [2.05, 4.69) is 28.1 Å². The molecule has 1 fully saturated rings. The molecule has 1 N–H and O–H groups in total. The summed E-state index contributed by atoms with van der Waals surface area (Å²) < 4.78 is 1.03. The normalized spacial score (nSPS) is 20.9. The first-order chi connectivity index (χ1) is 8.63. The molecule has 1 aromatic carbocycles. The highest BCUT2D eigenvalue weighted by atomic mass is 79.9. The van der Waals surface area contributed by atoms with Gasteiger partial charge in [-0.1, -0.05) is 28.8 Å². The molecule has 0 atom stereocenters. The Morgan fingerprint density at radius 1 is 1.17 bits per heavy atom. The van der Waals surface area contributed by atoms with E-state index in [1.807, 2.05) is 0 Å². The van der Waals surface area contributed by atoms with Crippen molar-refractivity contribution < 1.29 is 9.90 Å². The van der Waals surface area contributed by atoms with Gasteiger partial charge in [-0.25, -0.2) is 0 Å². The first kappa shape index (κ1) is 12.2. The van der Waals surface area contributed by atoms with Crippen molar-refractivity contribution in [1.82, 2.24) is 0 Å². The summed E-state index contributed by atoms with van der Waals surface area (Å²) in [4.78, 5) is 11.8. The molecule has 0 unspecified atom stereocenters. The van der Waals surface area contributed by atoms with E-state index in [-0.39, 0.29) is 0 Å². The number of rotatable bonds is 2. The zero-order chi connectivity index (χ0) is 12.8. The summed E-state index contributed by atoms with van der Waals surface area (Å²) in [5.41, 5.74) is 3.15. The fourth-order valence-corrected chi connectivity index (χ4v) is 4.18. The first-order valence-electron chi connectivity index (χ1n) is 6.69. The minimum Gasteiger partial charge on any atom is -0.481 e. The molecule has 96 valence electrons. The van der Waals surface area contributed by atoms with Crippen LogP contribution in [0.5, 0.6) is 0 Å². The average Bonchev–Trinajstić information content (AvgIpc) is 2.96. The summed E-state index contributed by atoms with van der Waals surface area (Å²) in [6.07, 6.45) is 6.97. The first-order valence-corrected chi connectivity index (χ1v) is 7.48. The van der Waals surface area contributed by atoms with Crippen LogP contribution in [0.3, 0.4) is 0 Å². The average molecular weight is 309 g/mol. The lowest BCUT2D eigenvalue weighted by molar-refractivity contribution is -0.143. The lowest BCUT2D eigenvalue weighted by Gasteiger charge is -2.27. The van der Waals surface area contributed by atoms with Crippen LogP contribution in [-0.2, 0) is 23.1 Å². The fraction of sp³-hybridized carbons (Fsp3) is 0.533. The van der Waals surface area contributed by atoms with Crippen LogP contribution in [0.1, 0.15) is 48.8 Å². The zero-order valence-corrected chi connectivity index (χ0v) is 11.9. The van der Waals surface area contributed by atoms with Crippen molar-refractivity contribution >= 4 is 21.9 Å². The maximum atomic E-state index is 11.8. The summed E-state index contributed by atoms with van der Waals surface area (Å²) in [6, 6.07) is 4.22. The van der Waals surface area contributed by atoms with Gasteiger partial charge in [-0.2, -0.15) is 0 Å². The van der Waals surface area contributed by atoms with Gasteiger partial charge >= 0.3 is 5.97 Å². The van der Waals surface area contributed by atoms with E-state index >= 15 is 0 Å². The SMILES string of the molecule is O=C(O)C1(c2cc(Br)cc3c2CCC3)CCCC1. The predicted octanol–water partition coefficient (Wildman–Crippen LogP) is 3.83. The van der Waals surface area contributed by atoms with Gasteiger partial charge in [0.2, 0.25) is 0 Å². The van der Waals surface area contributed by atoms with Crippen LogP contribution in [0, 0.1) is 0 Å². The maximum absolute atomic E-state index is 11.8. The Morgan fingerprint density at radius 2 is 1.89 bits per heavy atom. The standard InChI is InChI=1S/C15H17BrO2/c16-11-8-10-4-3-5-12(10)13(9-11)15(14(17)18)6-1-2-7-15/h8-9H,1-7H2,(H,17,18). The highest BCUT2D eigenvalue weighted by Crippen LogP contribution is 2.45. The molecule has 2 aliphatic rings. The third kappa shape index (κ3) is 1.71. The molecule has 0 saturated heterocycles. The number of carboxylic acids is 1. The quantitative estimate of drug-likeness (QED) is 0.901. The molecule has 3 heteroatoms. The van der Waals surface area contributed by atoms with Gasteiger partial charge in [-0.3, -0.25) is 4.79 Å². The molecular formula is C15H17BrO2. The Balaban J connectivity index is 2.19. The van der Waals surface area contributed by atoms with Gasteiger partial charge in [-0.05, 0) is 60.9 Å². The van der Waals surface area contributed by atoms with Gasteiger partial charge in [-0.15, -0.1) is 0 Å². The minimum atomic E-state index is -0.632. The van der Waals surface area contributed by atoms with E-state index in [0.717, 1.165) is 55.0 Å². The largest absolute Gasteiger partial charge is 0.481 e. The maximum Gasteiger partial charge on any atom is 0.314 e.